The molecular weight excluding hydrogens is 485 g/mol. The van der Waals surface area contributed by atoms with E-state index in [0.717, 1.165) is 42.8 Å². The molecule has 0 saturated carbocycles. The molecule has 1 fully saturated rings. The summed E-state index contributed by atoms with van der Waals surface area (Å²) < 4.78 is 22.2. The Morgan fingerprint density at radius 3 is 2.87 bits per heavy atom. The Balaban J connectivity index is 1.37. The van der Waals surface area contributed by atoms with Gasteiger partial charge in [-0.05, 0) is 33.9 Å². The molecule has 0 unspecified atom stereocenters. The smallest absolute Gasteiger partial charge is 0.256 e. The zero-order chi connectivity index (χ0) is 26.8. The molecule has 1 aliphatic heterocycles. The summed E-state index contributed by atoms with van der Waals surface area (Å²) in [5, 5.41) is 11.9. The van der Waals surface area contributed by atoms with Crippen LogP contribution in [0.5, 0.6) is 5.88 Å². The van der Waals surface area contributed by atoms with Gasteiger partial charge in [-0.15, -0.1) is 5.10 Å². The lowest BCUT2D eigenvalue weighted by Gasteiger charge is -2.41. The molecule has 10 nitrogen and oxygen atoms in total. The zero-order valence-electron chi connectivity index (χ0n) is 22.6. The first-order chi connectivity index (χ1) is 18.3. The molecule has 38 heavy (non-hydrogen) atoms. The number of anilines is 3. The van der Waals surface area contributed by atoms with Crippen molar-refractivity contribution >= 4 is 28.2 Å². The lowest BCUT2D eigenvalue weighted by molar-refractivity contribution is 0.0720. The quantitative estimate of drug-likeness (QED) is 0.303. The van der Waals surface area contributed by atoms with Gasteiger partial charge in [0.25, 0.3) is 5.88 Å². The number of aromatic nitrogens is 5. The van der Waals surface area contributed by atoms with Crippen molar-refractivity contribution in [2.45, 2.75) is 32.9 Å². The number of piperazine rings is 1. The van der Waals surface area contributed by atoms with Crippen LogP contribution in [0.2, 0.25) is 0 Å². The number of fused-ring (bicyclic) bond motifs is 1. The van der Waals surface area contributed by atoms with Gasteiger partial charge in [-0.25, -0.2) is 14.4 Å². The lowest BCUT2D eigenvalue weighted by Crippen LogP contribution is -2.55. The number of para-hydroxylation sites is 1. The van der Waals surface area contributed by atoms with Crippen LogP contribution in [0.1, 0.15) is 20.8 Å². The molecule has 5 rings (SSSR count). The highest BCUT2D eigenvalue weighted by Gasteiger charge is 2.25. The second-order valence-corrected chi connectivity index (χ2v) is 9.98. The van der Waals surface area contributed by atoms with Crippen LogP contribution in [0.15, 0.2) is 36.8 Å². The van der Waals surface area contributed by atoms with E-state index in [0.29, 0.717) is 35.8 Å². The molecule has 4 aromatic rings. The van der Waals surface area contributed by atoms with Crippen LogP contribution in [-0.4, -0.2) is 86.4 Å². The second-order valence-electron chi connectivity index (χ2n) is 9.98. The van der Waals surface area contributed by atoms with Crippen LogP contribution in [0, 0.1) is 5.82 Å². The van der Waals surface area contributed by atoms with Crippen molar-refractivity contribution in [1.29, 1.82) is 0 Å². The molecule has 202 valence electrons. The van der Waals surface area contributed by atoms with E-state index < -0.39 is 5.82 Å². The number of nitrogens with one attached hydrogen (secondary N) is 3. The first kappa shape index (κ1) is 25.9. The van der Waals surface area contributed by atoms with Crippen LogP contribution in [0.25, 0.3) is 22.2 Å². The summed E-state index contributed by atoms with van der Waals surface area (Å²) in [7, 11) is 3.98. The number of aryl methyl sites for hydroxylation is 1. The van der Waals surface area contributed by atoms with Crippen LogP contribution in [0.4, 0.5) is 21.7 Å². The standard InChI is InChI=1S/C27H36FN9O/c1-6-38-26-23(16-36(5)34-26)32-27-31-14-21(28)24(33-27)20-13-30-25-19(20)8-7-9-22(25)29-12-17(2)37-11-10-35(4)15-18(37)3/h7-9,13-14,16-18,29-30H,6,10-12,15H2,1-5H3,(H,31,32,33)/t17-,18-/m0/s1. The van der Waals surface area contributed by atoms with Gasteiger partial charge in [-0.3, -0.25) is 9.58 Å². The SMILES string of the molecule is CCOc1nn(C)cc1Nc1ncc(F)c(-c2c[nH]c3c(NC[C@H](C)N4CCN(C)C[C@@H]4C)cccc23)n1. The molecule has 4 heterocycles. The predicted octanol–water partition coefficient (Wildman–Crippen LogP) is 4.08. The van der Waals surface area contributed by atoms with Gasteiger partial charge >= 0.3 is 0 Å². The summed E-state index contributed by atoms with van der Waals surface area (Å²) >= 11 is 0. The summed E-state index contributed by atoms with van der Waals surface area (Å²) in [6.45, 7) is 10.9. The van der Waals surface area contributed by atoms with Crippen LogP contribution < -0.4 is 15.4 Å². The topological polar surface area (TPSA) is 99.2 Å². The van der Waals surface area contributed by atoms with E-state index >= 15 is 0 Å². The summed E-state index contributed by atoms with van der Waals surface area (Å²) in [5.74, 6) is 0.199. The first-order valence-corrected chi connectivity index (χ1v) is 13.1. The van der Waals surface area contributed by atoms with Crippen LogP contribution in [-0.2, 0) is 7.05 Å². The van der Waals surface area contributed by atoms with Crippen molar-refractivity contribution in [3.05, 3.63) is 42.6 Å². The number of hydrogen-bond acceptors (Lipinski definition) is 8. The van der Waals surface area contributed by atoms with E-state index in [1.54, 1.807) is 24.1 Å². The predicted molar refractivity (Wildman–Crippen MR) is 149 cm³/mol. The molecule has 3 aromatic heterocycles. The maximum Gasteiger partial charge on any atom is 0.256 e. The van der Waals surface area contributed by atoms with Crippen molar-refractivity contribution in [2.24, 2.45) is 7.05 Å². The molecule has 1 aromatic carbocycles. The average molecular weight is 522 g/mol. The summed E-state index contributed by atoms with van der Waals surface area (Å²) in [6, 6.07) is 6.89. The molecule has 2 atom stereocenters. The summed E-state index contributed by atoms with van der Waals surface area (Å²) in [6.07, 6.45) is 4.75. The normalized spacial score (nSPS) is 17.6. The Labute approximate surface area is 222 Å². The van der Waals surface area contributed by atoms with Gasteiger partial charge in [0, 0.05) is 62.5 Å². The Bertz CT molecular complexity index is 1400. The highest BCUT2D eigenvalue weighted by Crippen LogP contribution is 2.34. The van der Waals surface area contributed by atoms with Crippen molar-refractivity contribution in [1.82, 2.24) is 34.5 Å². The van der Waals surface area contributed by atoms with Gasteiger partial charge in [0.1, 0.15) is 11.4 Å². The van der Waals surface area contributed by atoms with E-state index in [2.05, 4.69) is 61.4 Å². The highest BCUT2D eigenvalue weighted by atomic mass is 19.1. The maximum absolute atomic E-state index is 15.0. The number of hydrogen-bond donors (Lipinski definition) is 3. The zero-order valence-corrected chi connectivity index (χ0v) is 22.6. The van der Waals surface area contributed by atoms with Crippen molar-refractivity contribution in [3.8, 4) is 17.1 Å². The first-order valence-electron chi connectivity index (χ1n) is 13.1. The molecule has 1 saturated heterocycles. The third-order valence-corrected chi connectivity index (χ3v) is 7.07. The van der Waals surface area contributed by atoms with E-state index in [1.165, 1.54) is 6.20 Å². The minimum atomic E-state index is -0.497. The van der Waals surface area contributed by atoms with Crippen molar-refractivity contribution in [2.75, 3.05) is 50.5 Å². The molecule has 0 amide bonds. The van der Waals surface area contributed by atoms with Gasteiger partial charge in [0.2, 0.25) is 5.95 Å². The minimum absolute atomic E-state index is 0.215. The van der Waals surface area contributed by atoms with Gasteiger partial charge in [0.05, 0.1) is 30.2 Å². The van der Waals surface area contributed by atoms with Crippen molar-refractivity contribution < 1.29 is 9.13 Å². The molecule has 0 spiro atoms. The Hall–Kier alpha value is -3.70. The molecule has 1 aliphatic rings. The number of benzene rings is 1. The second kappa shape index (κ2) is 11.0. The largest absolute Gasteiger partial charge is 0.475 e. The summed E-state index contributed by atoms with van der Waals surface area (Å²) in [4.78, 5) is 16.9. The van der Waals surface area contributed by atoms with Gasteiger partial charge in [0.15, 0.2) is 5.82 Å². The third kappa shape index (κ3) is 5.30. The number of ether oxygens (including phenoxy) is 1. The number of nitrogens with zero attached hydrogens (tertiary/aromatic N) is 6. The molecule has 11 heteroatoms. The molecule has 0 radical (unpaired) electrons. The fourth-order valence-corrected chi connectivity index (χ4v) is 5.21. The fourth-order valence-electron chi connectivity index (χ4n) is 5.21. The monoisotopic (exact) mass is 521 g/mol. The van der Waals surface area contributed by atoms with Crippen LogP contribution in [0.3, 0.4) is 0 Å². The Kier molecular flexibility index (Phi) is 7.48. The van der Waals surface area contributed by atoms with E-state index in [9.17, 15) is 4.39 Å². The number of aromatic amines is 1. The Morgan fingerprint density at radius 1 is 1.24 bits per heavy atom. The molecule has 0 bridgehead atoms. The van der Waals surface area contributed by atoms with E-state index in [-0.39, 0.29) is 11.6 Å². The summed E-state index contributed by atoms with van der Waals surface area (Å²) in [5.41, 5.74) is 3.39. The van der Waals surface area contributed by atoms with E-state index in [1.807, 2.05) is 25.1 Å². The highest BCUT2D eigenvalue weighted by molar-refractivity contribution is 6.01. The van der Waals surface area contributed by atoms with Crippen molar-refractivity contribution in [3.63, 3.8) is 0 Å². The number of H-pyrrole nitrogens is 1. The number of likely N-dealkylation sites (N-methyl/N-ethyl adjacent to an activating group) is 1. The average Bonchev–Trinajstić information content (AvgIpc) is 3.47. The van der Waals surface area contributed by atoms with E-state index in [4.69, 9.17) is 4.74 Å². The lowest BCUT2D eigenvalue weighted by atomic mass is 10.1. The molecule has 0 aliphatic carbocycles. The minimum Gasteiger partial charge on any atom is -0.475 e. The van der Waals surface area contributed by atoms with Gasteiger partial charge in [-0.1, -0.05) is 12.1 Å². The Morgan fingerprint density at radius 2 is 2.08 bits per heavy atom. The maximum atomic E-state index is 15.0. The fraction of sp³-hybridized carbons (Fsp3) is 0.444. The number of halogens is 1. The van der Waals surface area contributed by atoms with Gasteiger partial charge in [-0.2, -0.15) is 0 Å². The molecular formula is C27H36FN9O. The number of rotatable bonds is 9. The van der Waals surface area contributed by atoms with Gasteiger partial charge < -0.3 is 25.3 Å². The third-order valence-electron chi connectivity index (χ3n) is 7.07. The van der Waals surface area contributed by atoms with Crippen LogP contribution >= 0.6 is 0 Å². The molecule has 3 N–H and O–H groups in total.